The second-order valence-corrected chi connectivity index (χ2v) is 3.81. The molecule has 0 radical (unpaired) electrons. The van der Waals surface area contributed by atoms with Gasteiger partial charge in [0.15, 0.2) is 0 Å². The Morgan fingerprint density at radius 3 is 2.63 bits per heavy atom. The number of hydrogen-bond acceptors (Lipinski definition) is 3. The number of aromatic amines is 1. The second kappa shape index (κ2) is 4.92. The van der Waals surface area contributed by atoms with Gasteiger partial charge in [-0.3, -0.25) is 0 Å². The molecule has 0 saturated heterocycles. The average Bonchev–Trinajstić information content (AvgIpc) is 2.69. The molecule has 0 aliphatic rings. The SMILES string of the molecule is Fc1ccccc1/C=N\n1c(C(F)(F)F)n[nH]c1=S. The van der Waals surface area contributed by atoms with Crippen molar-refractivity contribution in [1.29, 1.82) is 0 Å². The molecule has 100 valence electrons. The largest absolute Gasteiger partial charge is 0.453 e. The van der Waals surface area contributed by atoms with Crippen molar-refractivity contribution >= 4 is 18.4 Å². The summed E-state index contributed by atoms with van der Waals surface area (Å²) in [7, 11) is 0. The summed E-state index contributed by atoms with van der Waals surface area (Å²) < 4.78 is 51.0. The number of aromatic nitrogens is 3. The van der Waals surface area contributed by atoms with Crippen LogP contribution in [0.3, 0.4) is 0 Å². The third-order valence-electron chi connectivity index (χ3n) is 2.12. The molecule has 0 amide bonds. The van der Waals surface area contributed by atoms with Crippen LogP contribution in [-0.2, 0) is 6.18 Å². The molecule has 1 aromatic carbocycles. The molecule has 0 aliphatic carbocycles. The van der Waals surface area contributed by atoms with Crippen molar-refractivity contribution in [2.45, 2.75) is 6.18 Å². The summed E-state index contributed by atoms with van der Waals surface area (Å²) in [6.07, 6.45) is -3.77. The molecule has 1 aromatic heterocycles. The van der Waals surface area contributed by atoms with Crippen LogP contribution in [0.5, 0.6) is 0 Å². The Labute approximate surface area is 109 Å². The van der Waals surface area contributed by atoms with E-state index in [0.717, 1.165) is 6.21 Å². The molecule has 4 nitrogen and oxygen atoms in total. The number of hydrogen-bond donors (Lipinski definition) is 1. The molecule has 0 aliphatic heterocycles. The molecule has 0 spiro atoms. The Balaban J connectivity index is 2.42. The third kappa shape index (κ3) is 2.87. The van der Waals surface area contributed by atoms with Crippen LogP contribution < -0.4 is 0 Å². The van der Waals surface area contributed by atoms with Crippen LogP contribution in [0.15, 0.2) is 29.4 Å². The van der Waals surface area contributed by atoms with Crippen molar-refractivity contribution in [1.82, 2.24) is 14.9 Å². The molecule has 0 unspecified atom stereocenters. The number of nitrogens with zero attached hydrogens (tertiary/aromatic N) is 3. The Hall–Kier alpha value is -2.03. The maximum atomic E-state index is 13.3. The smallest absolute Gasteiger partial charge is 0.250 e. The van der Waals surface area contributed by atoms with E-state index in [1.807, 2.05) is 5.10 Å². The first-order valence-corrected chi connectivity index (χ1v) is 5.34. The van der Waals surface area contributed by atoms with Crippen LogP contribution in [0, 0.1) is 10.6 Å². The number of nitrogens with one attached hydrogen (secondary N) is 1. The first-order chi connectivity index (χ1) is 8.89. The highest BCUT2D eigenvalue weighted by Gasteiger charge is 2.37. The molecule has 1 N–H and O–H groups in total. The Morgan fingerprint density at radius 1 is 1.32 bits per heavy atom. The predicted octanol–water partition coefficient (Wildman–Crippen LogP) is 2.98. The molecular formula is C10H6F4N4S. The highest BCUT2D eigenvalue weighted by Crippen LogP contribution is 2.27. The van der Waals surface area contributed by atoms with Gasteiger partial charge in [-0.2, -0.15) is 22.9 Å². The minimum atomic E-state index is -4.71. The monoisotopic (exact) mass is 290 g/mol. The van der Waals surface area contributed by atoms with Gasteiger partial charge in [0, 0.05) is 5.56 Å². The quantitative estimate of drug-likeness (QED) is 0.525. The molecule has 0 atom stereocenters. The fraction of sp³-hybridized carbons (Fsp3) is 0.100. The van der Waals surface area contributed by atoms with Crippen molar-refractivity contribution in [3.8, 4) is 0 Å². The van der Waals surface area contributed by atoms with Crippen LogP contribution >= 0.6 is 12.2 Å². The van der Waals surface area contributed by atoms with E-state index >= 15 is 0 Å². The lowest BCUT2D eigenvalue weighted by atomic mass is 10.2. The number of benzene rings is 1. The van der Waals surface area contributed by atoms with E-state index in [-0.39, 0.29) is 10.3 Å². The van der Waals surface area contributed by atoms with Gasteiger partial charge in [-0.1, -0.05) is 18.2 Å². The minimum absolute atomic E-state index is 0.0405. The second-order valence-electron chi connectivity index (χ2n) is 3.43. The number of alkyl halides is 3. The Morgan fingerprint density at radius 2 is 2.00 bits per heavy atom. The zero-order valence-corrected chi connectivity index (χ0v) is 9.96. The van der Waals surface area contributed by atoms with E-state index in [4.69, 9.17) is 0 Å². The van der Waals surface area contributed by atoms with Crippen molar-refractivity contribution in [2.24, 2.45) is 5.10 Å². The summed E-state index contributed by atoms with van der Waals surface area (Å²) in [4.78, 5) is 0. The van der Waals surface area contributed by atoms with Gasteiger partial charge in [-0.15, -0.1) is 5.10 Å². The van der Waals surface area contributed by atoms with Gasteiger partial charge in [0.25, 0.3) is 5.82 Å². The van der Waals surface area contributed by atoms with Crippen LogP contribution in [-0.4, -0.2) is 21.1 Å². The molecule has 9 heteroatoms. The molecule has 0 saturated carbocycles. The van der Waals surface area contributed by atoms with E-state index < -0.39 is 17.8 Å². The van der Waals surface area contributed by atoms with Crippen LogP contribution in [0.4, 0.5) is 17.6 Å². The topological polar surface area (TPSA) is 46.0 Å². The number of H-pyrrole nitrogens is 1. The fourth-order valence-electron chi connectivity index (χ4n) is 1.28. The molecule has 2 aromatic rings. The maximum absolute atomic E-state index is 13.3. The summed E-state index contributed by atoms with van der Waals surface area (Å²) in [6, 6.07) is 5.53. The first kappa shape index (κ1) is 13.4. The molecule has 2 rings (SSSR count). The molecule has 1 heterocycles. The predicted molar refractivity (Wildman–Crippen MR) is 61.8 cm³/mol. The highest BCUT2D eigenvalue weighted by molar-refractivity contribution is 7.71. The first-order valence-electron chi connectivity index (χ1n) is 4.93. The summed E-state index contributed by atoms with van der Waals surface area (Å²) in [5, 5.41) is 8.51. The lowest BCUT2D eigenvalue weighted by Gasteiger charge is -2.04. The maximum Gasteiger partial charge on any atom is 0.453 e. The molecule has 19 heavy (non-hydrogen) atoms. The summed E-state index contributed by atoms with van der Waals surface area (Å²) in [5.41, 5.74) is 0.0405. The van der Waals surface area contributed by atoms with Crippen molar-refractivity contribution in [3.63, 3.8) is 0 Å². The number of halogens is 4. The van der Waals surface area contributed by atoms with Gasteiger partial charge >= 0.3 is 6.18 Å². The van der Waals surface area contributed by atoms with E-state index in [2.05, 4.69) is 22.4 Å². The zero-order valence-electron chi connectivity index (χ0n) is 9.15. The summed E-state index contributed by atoms with van der Waals surface area (Å²) >= 11 is 4.63. The van der Waals surface area contributed by atoms with Gasteiger partial charge in [0.05, 0.1) is 6.21 Å². The molecular weight excluding hydrogens is 284 g/mol. The van der Waals surface area contributed by atoms with Crippen LogP contribution in [0.2, 0.25) is 0 Å². The standard InChI is InChI=1S/C10H6F4N4S/c11-7-4-2-1-3-6(7)5-15-18-8(10(12,13)14)16-17-9(18)19/h1-5H,(H,17,19)/b15-5-. The fourth-order valence-corrected chi connectivity index (χ4v) is 1.46. The average molecular weight is 290 g/mol. The molecule has 0 fully saturated rings. The van der Waals surface area contributed by atoms with Crippen molar-refractivity contribution in [2.75, 3.05) is 0 Å². The van der Waals surface area contributed by atoms with Crippen molar-refractivity contribution in [3.05, 3.63) is 46.2 Å². The van der Waals surface area contributed by atoms with Gasteiger partial charge in [0.2, 0.25) is 4.77 Å². The van der Waals surface area contributed by atoms with Gasteiger partial charge in [-0.05, 0) is 18.3 Å². The van der Waals surface area contributed by atoms with Crippen molar-refractivity contribution < 1.29 is 17.6 Å². The summed E-state index contributed by atoms with van der Waals surface area (Å²) in [5.74, 6) is -1.90. The van der Waals surface area contributed by atoms with E-state index in [1.165, 1.54) is 24.3 Å². The lowest BCUT2D eigenvalue weighted by molar-refractivity contribution is -0.147. The Kier molecular flexibility index (Phi) is 3.47. The normalized spacial score (nSPS) is 12.2. The highest BCUT2D eigenvalue weighted by atomic mass is 32.1. The zero-order chi connectivity index (χ0) is 14.0. The Bertz CT molecular complexity index is 671. The van der Waals surface area contributed by atoms with E-state index in [9.17, 15) is 17.6 Å². The van der Waals surface area contributed by atoms with Crippen LogP contribution in [0.25, 0.3) is 0 Å². The van der Waals surface area contributed by atoms with Gasteiger partial charge in [0.1, 0.15) is 5.82 Å². The van der Waals surface area contributed by atoms with E-state index in [1.54, 1.807) is 0 Å². The molecule has 0 bridgehead atoms. The third-order valence-corrected chi connectivity index (χ3v) is 2.39. The number of rotatable bonds is 2. The van der Waals surface area contributed by atoms with E-state index in [0.29, 0.717) is 4.68 Å². The lowest BCUT2D eigenvalue weighted by Crippen LogP contribution is -2.12. The van der Waals surface area contributed by atoms with Gasteiger partial charge in [-0.25, -0.2) is 9.49 Å². The van der Waals surface area contributed by atoms with Gasteiger partial charge < -0.3 is 0 Å². The minimum Gasteiger partial charge on any atom is -0.250 e. The van der Waals surface area contributed by atoms with Crippen LogP contribution in [0.1, 0.15) is 11.4 Å². The summed E-state index contributed by atoms with van der Waals surface area (Å²) in [6.45, 7) is 0.